The molecule has 0 spiro atoms. The van der Waals surface area contributed by atoms with Crippen LogP contribution < -0.4 is 4.90 Å². The molecule has 0 bridgehead atoms. The van der Waals surface area contributed by atoms with Crippen LogP contribution in [-0.2, 0) is 4.79 Å². The van der Waals surface area contributed by atoms with Crippen molar-refractivity contribution in [2.45, 2.75) is 12.1 Å². The third-order valence-electron chi connectivity index (χ3n) is 3.63. The zero-order valence-corrected chi connectivity index (χ0v) is 14.3. The number of imidazole rings is 1. The summed E-state index contributed by atoms with van der Waals surface area (Å²) in [7, 11) is 0. The molecule has 5 heteroatoms. The molecule has 1 heterocycles. The Balaban J connectivity index is 1.71. The lowest BCUT2D eigenvalue weighted by atomic mass is 10.2. The maximum Gasteiger partial charge on any atom is 0.237 e. The van der Waals surface area contributed by atoms with Crippen LogP contribution in [-0.4, -0.2) is 28.2 Å². The maximum atomic E-state index is 12.6. The summed E-state index contributed by atoms with van der Waals surface area (Å²) < 4.78 is 0. The molecule has 122 valence electrons. The quantitative estimate of drug-likeness (QED) is 0.542. The molecular formula is C19H19N3OS. The molecule has 3 rings (SSSR count). The first-order chi connectivity index (χ1) is 11.7. The molecular weight excluding hydrogens is 318 g/mol. The van der Waals surface area contributed by atoms with Crippen LogP contribution in [0.5, 0.6) is 0 Å². The van der Waals surface area contributed by atoms with Gasteiger partial charge in [-0.1, -0.05) is 42.1 Å². The zero-order chi connectivity index (χ0) is 16.9. The van der Waals surface area contributed by atoms with Crippen molar-refractivity contribution in [2.75, 3.05) is 17.2 Å². The van der Waals surface area contributed by atoms with Crippen molar-refractivity contribution < 1.29 is 4.79 Å². The molecule has 1 N–H and O–H groups in total. The number of thioether (sulfide) groups is 1. The highest BCUT2D eigenvalue weighted by Crippen LogP contribution is 2.22. The minimum Gasteiger partial charge on any atom is -0.333 e. The van der Waals surface area contributed by atoms with Gasteiger partial charge in [-0.05, 0) is 36.8 Å². The Morgan fingerprint density at radius 1 is 1.29 bits per heavy atom. The first-order valence-electron chi connectivity index (χ1n) is 7.73. The van der Waals surface area contributed by atoms with Crippen molar-refractivity contribution in [1.82, 2.24) is 9.97 Å². The Bertz CT molecular complexity index is 857. The molecule has 0 saturated heterocycles. The molecule has 0 unspecified atom stereocenters. The van der Waals surface area contributed by atoms with Gasteiger partial charge in [0.25, 0.3) is 0 Å². The Kier molecular flexibility index (Phi) is 5.01. The molecule has 24 heavy (non-hydrogen) atoms. The summed E-state index contributed by atoms with van der Waals surface area (Å²) in [5.74, 6) is 0.351. The molecule has 0 atom stereocenters. The van der Waals surface area contributed by atoms with Gasteiger partial charge in [-0.25, -0.2) is 4.98 Å². The van der Waals surface area contributed by atoms with Gasteiger partial charge in [-0.15, -0.1) is 6.58 Å². The Morgan fingerprint density at radius 3 is 2.83 bits per heavy atom. The van der Waals surface area contributed by atoms with E-state index in [0.29, 0.717) is 12.3 Å². The van der Waals surface area contributed by atoms with Crippen LogP contribution in [0.15, 0.2) is 66.3 Å². The highest BCUT2D eigenvalue weighted by Gasteiger charge is 2.15. The lowest BCUT2D eigenvalue weighted by molar-refractivity contribution is -0.116. The standard InChI is InChI=1S/C19H19N3OS/c1-3-11-22(15-7-5-4-6-8-15)18(23)13-24-19-20-16-10-9-14(2)12-17(16)21-19/h3-10,12H,1,11,13H2,2H3,(H,20,21). The van der Waals surface area contributed by atoms with E-state index in [1.54, 1.807) is 11.0 Å². The lowest BCUT2D eigenvalue weighted by Crippen LogP contribution is -2.32. The highest BCUT2D eigenvalue weighted by molar-refractivity contribution is 7.99. The number of aromatic amines is 1. The summed E-state index contributed by atoms with van der Waals surface area (Å²) in [6.07, 6.45) is 1.74. The summed E-state index contributed by atoms with van der Waals surface area (Å²) in [5, 5.41) is 0.760. The summed E-state index contributed by atoms with van der Waals surface area (Å²) >= 11 is 1.42. The normalized spacial score (nSPS) is 10.7. The van der Waals surface area contributed by atoms with Gasteiger partial charge in [0, 0.05) is 12.2 Å². The second-order valence-electron chi connectivity index (χ2n) is 5.48. The van der Waals surface area contributed by atoms with Crippen LogP contribution in [0.2, 0.25) is 0 Å². The number of benzene rings is 2. The largest absolute Gasteiger partial charge is 0.333 e. The van der Waals surface area contributed by atoms with E-state index >= 15 is 0 Å². The van der Waals surface area contributed by atoms with Gasteiger partial charge >= 0.3 is 0 Å². The fraction of sp³-hybridized carbons (Fsp3) is 0.158. The molecule has 0 saturated carbocycles. The maximum absolute atomic E-state index is 12.6. The number of carbonyl (C=O) groups is 1. The van der Waals surface area contributed by atoms with Gasteiger partial charge < -0.3 is 9.88 Å². The molecule has 3 aromatic rings. The smallest absolute Gasteiger partial charge is 0.237 e. The van der Waals surface area contributed by atoms with Gasteiger partial charge in [-0.3, -0.25) is 4.79 Å². The van der Waals surface area contributed by atoms with Crippen molar-refractivity contribution >= 4 is 34.4 Å². The van der Waals surface area contributed by atoms with Gasteiger partial charge in [0.15, 0.2) is 5.16 Å². The number of anilines is 1. The number of aromatic nitrogens is 2. The number of fused-ring (bicyclic) bond motifs is 1. The average Bonchev–Trinajstić information content (AvgIpc) is 3.00. The van der Waals surface area contributed by atoms with E-state index in [2.05, 4.69) is 22.6 Å². The molecule has 4 nitrogen and oxygen atoms in total. The van der Waals surface area contributed by atoms with E-state index in [-0.39, 0.29) is 5.91 Å². The Hall–Kier alpha value is -2.53. The molecule has 0 fully saturated rings. The Morgan fingerprint density at radius 2 is 2.08 bits per heavy atom. The number of amides is 1. The van der Waals surface area contributed by atoms with Crippen LogP contribution in [0, 0.1) is 6.92 Å². The van der Waals surface area contributed by atoms with Crippen LogP contribution in [0.1, 0.15) is 5.56 Å². The van der Waals surface area contributed by atoms with E-state index in [1.807, 2.05) is 49.4 Å². The first-order valence-corrected chi connectivity index (χ1v) is 8.71. The number of para-hydroxylation sites is 1. The number of hydrogen-bond donors (Lipinski definition) is 1. The predicted octanol–water partition coefficient (Wildman–Crippen LogP) is 4.18. The molecule has 2 aromatic carbocycles. The van der Waals surface area contributed by atoms with Crippen LogP contribution in [0.25, 0.3) is 11.0 Å². The predicted molar refractivity (Wildman–Crippen MR) is 101 cm³/mol. The fourth-order valence-corrected chi connectivity index (χ4v) is 3.23. The van der Waals surface area contributed by atoms with Crippen molar-refractivity contribution in [3.05, 3.63) is 66.7 Å². The number of nitrogens with zero attached hydrogens (tertiary/aromatic N) is 2. The summed E-state index contributed by atoms with van der Waals surface area (Å²) in [6.45, 7) is 6.28. The van der Waals surface area contributed by atoms with Crippen LogP contribution >= 0.6 is 11.8 Å². The number of H-pyrrole nitrogens is 1. The van der Waals surface area contributed by atoms with Gasteiger partial charge in [0.05, 0.1) is 16.8 Å². The van der Waals surface area contributed by atoms with E-state index < -0.39 is 0 Å². The summed E-state index contributed by atoms with van der Waals surface area (Å²) in [6, 6.07) is 15.7. The average molecular weight is 337 g/mol. The summed E-state index contributed by atoms with van der Waals surface area (Å²) in [4.78, 5) is 22.1. The van der Waals surface area contributed by atoms with Crippen molar-refractivity contribution in [2.24, 2.45) is 0 Å². The molecule has 1 aromatic heterocycles. The molecule has 0 aliphatic heterocycles. The van der Waals surface area contributed by atoms with Gasteiger partial charge in [-0.2, -0.15) is 0 Å². The van der Waals surface area contributed by atoms with E-state index in [4.69, 9.17) is 0 Å². The van der Waals surface area contributed by atoms with Crippen LogP contribution in [0.4, 0.5) is 5.69 Å². The second-order valence-corrected chi connectivity index (χ2v) is 6.44. The monoisotopic (exact) mass is 337 g/mol. The van der Waals surface area contributed by atoms with E-state index in [9.17, 15) is 4.79 Å². The fourth-order valence-electron chi connectivity index (χ4n) is 2.46. The minimum atomic E-state index is 0.0303. The van der Waals surface area contributed by atoms with Gasteiger partial charge in [0.2, 0.25) is 5.91 Å². The first kappa shape index (κ1) is 16.3. The third-order valence-corrected chi connectivity index (χ3v) is 4.49. The van der Waals surface area contributed by atoms with Crippen LogP contribution in [0.3, 0.4) is 0 Å². The Labute approximate surface area is 145 Å². The number of carbonyl (C=O) groups excluding carboxylic acids is 1. The topological polar surface area (TPSA) is 49.0 Å². The minimum absolute atomic E-state index is 0.0303. The lowest BCUT2D eigenvalue weighted by Gasteiger charge is -2.20. The number of nitrogens with one attached hydrogen (secondary N) is 1. The molecule has 1 amide bonds. The van der Waals surface area contributed by atoms with E-state index in [1.165, 1.54) is 17.3 Å². The van der Waals surface area contributed by atoms with Gasteiger partial charge in [0.1, 0.15) is 0 Å². The van der Waals surface area contributed by atoms with Crippen molar-refractivity contribution in [3.63, 3.8) is 0 Å². The SMILES string of the molecule is C=CCN(C(=O)CSc1nc2ccc(C)cc2[nH]1)c1ccccc1. The zero-order valence-electron chi connectivity index (χ0n) is 13.5. The number of aryl methyl sites for hydroxylation is 1. The second kappa shape index (κ2) is 7.36. The third kappa shape index (κ3) is 3.68. The molecule has 0 aliphatic rings. The molecule has 0 aliphatic carbocycles. The van der Waals surface area contributed by atoms with Crippen molar-refractivity contribution in [1.29, 1.82) is 0 Å². The highest BCUT2D eigenvalue weighted by atomic mass is 32.2. The van der Waals surface area contributed by atoms with E-state index in [0.717, 1.165) is 21.9 Å². The number of hydrogen-bond acceptors (Lipinski definition) is 3. The summed E-state index contributed by atoms with van der Waals surface area (Å²) in [5.41, 5.74) is 3.97. The van der Waals surface area contributed by atoms with Crippen molar-refractivity contribution in [3.8, 4) is 0 Å². The number of rotatable bonds is 6. The molecule has 0 radical (unpaired) electrons.